The summed E-state index contributed by atoms with van der Waals surface area (Å²) < 4.78 is 0. The zero-order valence-electron chi connectivity index (χ0n) is 10.6. The van der Waals surface area contributed by atoms with Gasteiger partial charge in [-0.1, -0.05) is 30.3 Å². The maximum atomic E-state index is 12.5. The Kier molecular flexibility index (Phi) is 2.54. The molecule has 0 spiro atoms. The van der Waals surface area contributed by atoms with Crippen molar-refractivity contribution in [3.63, 3.8) is 0 Å². The second-order valence-electron chi connectivity index (χ2n) is 4.69. The van der Waals surface area contributed by atoms with Gasteiger partial charge in [0.05, 0.1) is 5.56 Å². The predicted molar refractivity (Wildman–Crippen MR) is 71.4 cm³/mol. The van der Waals surface area contributed by atoms with Crippen LogP contribution in [0, 0.1) is 6.92 Å². The van der Waals surface area contributed by atoms with Crippen LogP contribution < -0.4 is 0 Å². The van der Waals surface area contributed by atoms with E-state index in [1.54, 1.807) is 37.3 Å². The van der Waals surface area contributed by atoms with Gasteiger partial charge in [-0.2, -0.15) is 0 Å². The molecule has 0 atom stereocenters. The Morgan fingerprint density at radius 3 is 2.10 bits per heavy atom. The van der Waals surface area contributed by atoms with Crippen molar-refractivity contribution in [3.05, 3.63) is 69.8 Å². The van der Waals surface area contributed by atoms with Crippen LogP contribution in [0.1, 0.15) is 47.8 Å². The lowest BCUT2D eigenvalue weighted by Gasteiger charge is -2.19. The van der Waals surface area contributed by atoms with Crippen LogP contribution in [0.5, 0.6) is 0 Å². The van der Waals surface area contributed by atoms with Gasteiger partial charge in [0.25, 0.3) is 0 Å². The quantitative estimate of drug-likeness (QED) is 0.734. The molecule has 4 heteroatoms. The van der Waals surface area contributed by atoms with Crippen molar-refractivity contribution >= 4 is 17.5 Å². The van der Waals surface area contributed by atoms with Crippen LogP contribution in [-0.2, 0) is 0 Å². The van der Waals surface area contributed by atoms with E-state index >= 15 is 0 Å². The summed E-state index contributed by atoms with van der Waals surface area (Å²) in [5, 5.41) is 9.31. The van der Waals surface area contributed by atoms with Crippen LogP contribution in [0.15, 0.2) is 36.4 Å². The third-order valence-electron chi connectivity index (χ3n) is 3.52. The number of hydrogen-bond acceptors (Lipinski definition) is 3. The third kappa shape index (κ3) is 1.51. The summed E-state index contributed by atoms with van der Waals surface area (Å²) in [6.45, 7) is 1.61. The minimum atomic E-state index is -1.19. The minimum absolute atomic E-state index is 0.00111. The van der Waals surface area contributed by atoms with Gasteiger partial charge >= 0.3 is 5.97 Å². The van der Waals surface area contributed by atoms with Crippen molar-refractivity contribution in [1.29, 1.82) is 0 Å². The van der Waals surface area contributed by atoms with Crippen molar-refractivity contribution < 1.29 is 19.5 Å². The Morgan fingerprint density at radius 2 is 1.50 bits per heavy atom. The van der Waals surface area contributed by atoms with Crippen LogP contribution in [0.25, 0.3) is 0 Å². The summed E-state index contributed by atoms with van der Waals surface area (Å²) in [5.41, 5.74) is 1.13. The number of benzene rings is 2. The van der Waals surface area contributed by atoms with Gasteiger partial charge in [0.15, 0.2) is 11.6 Å². The molecule has 0 saturated carbocycles. The van der Waals surface area contributed by atoms with E-state index in [4.69, 9.17) is 0 Å². The van der Waals surface area contributed by atoms with E-state index in [1.807, 2.05) is 0 Å². The zero-order valence-corrected chi connectivity index (χ0v) is 10.6. The van der Waals surface area contributed by atoms with Gasteiger partial charge in [-0.15, -0.1) is 0 Å². The van der Waals surface area contributed by atoms with Crippen LogP contribution in [0.2, 0.25) is 0 Å². The summed E-state index contributed by atoms with van der Waals surface area (Å²) in [6.07, 6.45) is 0. The number of carboxylic acid groups (broad SMARTS) is 1. The molecule has 1 aliphatic carbocycles. The van der Waals surface area contributed by atoms with Gasteiger partial charge in [0.1, 0.15) is 0 Å². The number of carboxylic acids is 1. The number of ketones is 2. The highest BCUT2D eigenvalue weighted by atomic mass is 16.4. The fourth-order valence-electron chi connectivity index (χ4n) is 2.57. The molecule has 0 radical (unpaired) electrons. The summed E-state index contributed by atoms with van der Waals surface area (Å²) in [4.78, 5) is 36.3. The molecular formula is C16H10O4. The van der Waals surface area contributed by atoms with Gasteiger partial charge in [0.2, 0.25) is 0 Å². The van der Waals surface area contributed by atoms with Crippen molar-refractivity contribution in [1.82, 2.24) is 0 Å². The first kappa shape index (κ1) is 12.3. The Balaban J connectivity index is 2.40. The number of aryl methyl sites for hydroxylation is 1. The number of carbonyl (C=O) groups excluding carboxylic acids is 2. The molecule has 3 rings (SSSR count). The van der Waals surface area contributed by atoms with Gasteiger partial charge in [-0.25, -0.2) is 4.79 Å². The number of carbonyl (C=O) groups is 3. The molecule has 2 aromatic carbocycles. The average molecular weight is 266 g/mol. The lowest BCUT2D eigenvalue weighted by molar-refractivity contribution is 0.0692. The first-order chi connectivity index (χ1) is 9.52. The molecule has 98 valence electrons. The molecule has 0 saturated heterocycles. The van der Waals surface area contributed by atoms with E-state index < -0.39 is 11.8 Å². The maximum Gasteiger partial charge on any atom is 0.336 e. The van der Waals surface area contributed by atoms with E-state index in [9.17, 15) is 19.5 Å². The fraction of sp³-hybridized carbons (Fsp3) is 0.0625. The van der Waals surface area contributed by atoms with Crippen LogP contribution >= 0.6 is 0 Å². The van der Waals surface area contributed by atoms with E-state index in [2.05, 4.69) is 0 Å². The van der Waals surface area contributed by atoms with Crippen LogP contribution in [-0.4, -0.2) is 22.6 Å². The van der Waals surface area contributed by atoms with E-state index in [1.165, 1.54) is 6.07 Å². The standard InChI is InChI=1S/C16H10O4/c1-8-6-7-11-13(12(8)16(19)20)15(18)10-5-3-2-4-9(10)14(11)17/h2-7H,1H3,(H,19,20). The van der Waals surface area contributed by atoms with Gasteiger partial charge < -0.3 is 5.11 Å². The van der Waals surface area contributed by atoms with E-state index in [-0.39, 0.29) is 28.0 Å². The van der Waals surface area contributed by atoms with Crippen molar-refractivity contribution in [3.8, 4) is 0 Å². The van der Waals surface area contributed by atoms with Gasteiger partial charge in [-0.3, -0.25) is 9.59 Å². The molecule has 1 aliphatic rings. The Morgan fingerprint density at radius 1 is 0.900 bits per heavy atom. The molecule has 0 amide bonds. The highest BCUT2D eigenvalue weighted by molar-refractivity contribution is 6.30. The second-order valence-corrected chi connectivity index (χ2v) is 4.69. The van der Waals surface area contributed by atoms with Crippen LogP contribution in [0.4, 0.5) is 0 Å². The molecule has 0 aromatic heterocycles. The smallest absolute Gasteiger partial charge is 0.336 e. The zero-order chi connectivity index (χ0) is 14.4. The molecule has 0 aliphatic heterocycles. The Labute approximate surface area is 114 Å². The summed E-state index contributed by atoms with van der Waals surface area (Å²) in [7, 11) is 0. The molecule has 0 bridgehead atoms. The number of aromatic carboxylic acids is 1. The highest BCUT2D eigenvalue weighted by Gasteiger charge is 2.33. The third-order valence-corrected chi connectivity index (χ3v) is 3.52. The Bertz CT molecular complexity index is 787. The molecule has 1 N–H and O–H groups in total. The Hall–Kier alpha value is -2.75. The lowest BCUT2D eigenvalue weighted by Crippen LogP contribution is -2.24. The molecular weight excluding hydrogens is 256 g/mol. The van der Waals surface area contributed by atoms with Gasteiger partial charge in [-0.05, 0) is 18.6 Å². The highest BCUT2D eigenvalue weighted by Crippen LogP contribution is 2.30. The van der Waals surface area contributed by atoms with Crippen molar-refractivity contribution in [2.24, 2.45) is 0 Å². The van der Waals surface area contributed by atoms with E-state index in [0.29, 0.717) is 11.1 Å². The molecule has 0 fully saturated rings. The van der Waals surface area contributed by atoms with Gasteiger partial charge in [0, 0.05) is 22.3 Å². The monoisotopic (exact) mass is 266 g/mol. The van der Waals surface area contributed by atoms with E-state index in [0.717, 1.165) is 0 Å². The summed E-state index contributed by atoms with van der Waals surface area (Å²) in [5.74, 6) is -1.91. The first-order valence-corrected chi connectivity index (χ1v) is 6.07. The number of rotatable bonds is 1. The summed E-state index contributed by atoms with van der Waals surface area (Å²) >= 11 is 0. The van der Waals surface area contributed by atoms with Crippen molar-refractivity contribution in [2.75, 3.05) is 0 Å². The summed E-state index contributed by atoms with van der Waals surface area (Å²) in [6, 6.07) is 9.55. The predicted octanol–water partition coefficient (Wildman–Crippen LogP) is 2.47. The first-order valence-electron chi connectivity index (χ1n) is 6.07. The number of hydrogen-bond donors (Lipinski definition) is 1. The lowest BCUT2D eigenvalue weighted by atomic mass is 9.80. The molecule has 4 nitrogen and oxygen atoms in total. The number of fused-ring (bicyclic) bond motifs is 2. The molecule has 20 heavy (non-hydrogen) atoms. The molecule has 0 heterocycles. The molecule has 2 aromatic rings. The second kappa shape index (κ2) is 4.13. The topological polar surface area (TPSA) is 71.4 Å². The molecule has 0 unspecified atom stereocenters. The minimum Gasteiger partial charge on any atom is -0.478 e. The SMILES string of the molecule is Cc1ccc2c(c1C(=O)O)C(=O)c1ccccc1C2=O. The van der Waals surface area contributed by atoms with Crippen molar-refractivity contribution in [2.45, 2.75) is 6.92 Å². The maximum absolute atomic E-state index is 12.5. The fourth-order valence-corrected chi connectivity index (χ4v) is 2.57. The normalized spacial score (nSPS) is 12.8. The largest absolute Gasteiger partial charge is 0.478 e. The van der Waals surface area contributed by atoms with Crippen LogP contribution in [0.3, 0.4) is 0 Å². The average Bonchev–Trinajstić information content (AvgIpc) is 2.44.